The first kappa shape index (κ1) is 15.1. The number of hydrogen-bond donors (Lipinski definition) is 0. The van der Waals surface area contributed by atoms with E-state index in [1.165, 1.54) is 0 Å². The first-order chi connectivity index (χ1) is 8.27. The Morgan fingerprint density at radius 2 is 1.89 bits per heavy atom. The maximum atomic E-state index is 12.6. The van der Waals surface area contributed by atoms with Crippen molar-refractivity contribution in [1.82, 2.24) is 0 Å². The van der Waals surface area contributed by atoms with E-state index in [-0.39, 0.29) is 11.8 Å². The second-order valence-electron chi connectivity index (χ2n) is 3.47. The molecule has 0 aliphatic rings. The largest absolute Gasteiger partial charge is 0.417 e. The zero-order valence-electron chi connectivity index (χ0n) is 8.90. The third-order valence-corrected chi connectivity index (χ3v) is 2.62. The van der Waals surface area contributed by atoms with Gasteiger partial charge in [0.2, 0.25) is 0 Å². The van der Waals surface area contributed by atoms with Crippen molar-refractivity contribution >= 4 is 21.7 Å². The van der Waals surface area contributed by atoms with Gasteiger partial charge in [-0.3, -0.25) is 4.79 Å². The molecule has 100 valence electrons. The highest BCUT2D eigenvalue weighted by atomic mass is 79.9. The molecule has 0 aliphatic carbocycles. The average Bonchev–Trinajstić information content (AvgIpc) is 2.27. The van der Waals surface area contributed by atoms with Crippen LogP contribution in [0.15, 0.2) is 18.2 Å². The molecule has 18 heavy (non-hydrogen) atoms. The Morgan fingerprint density at radius 1 is 1.28 bits per heavy atom. The van der Waals surface area contributed by atoms with E-state index in [0.29, 0.717) is 18.2 Å². The fraction of sp³-hybridized carbons (Fsp3) is 0.364. The molecule has 0 saturated carbocycles. The SMILES string of the molecule is O=C(CCBr)c1cc(C(F)F)ccc1C(F)(F)F. The van der Waals surface area contributed by atoms with E-state index in [9.17, 15) is 26.7 Å². The molecule has 0 aliphatic heterocycles. The van der Waals surface area contributed by atoms with Gasteiger partial charge in [0.05, 0.1) is 5.56 Å². The normalized spacial score (nSPS) is 11.9. The summed E-state index contributed by atoms with van der Waals surface area (Å²) >= 11 is 2.92. The van der Waals surface area contributed by atoms with Crippen LogP contribution < -0.4 is 0 Å². The minimum atomic E-state index is -4.74. The standard InChI is InChI=1S/C11H8BrF5O/c12-4-3-9(18)7-5-6(10(13)14)1-2-8(7)11(15,16)17/h1-2,5,10H,3-4H2. The highest BCUT2D eigenvalue weighted by Gasteiger charge is 2.35. The summed E-state index contributed by atoms with van der Waals surface area (Å²) in [6, 6.07) is 1.81. The molecule has 0 saturated heterocycles. The van der Waals surface area contributed by atoms with Crippen LogP contribution in [0.25, 0.3) is 0 Å². The van der Waals surface area contributed by atoms with Gasteiger partial charge in [0.15, 0.2) is 5.78 Å². The third-order valence-electron chi connectivity index (χ3n) is 2.22. The van der Waals surface area contributed by atoms with Crippen molar-refractivity contribution in [3.63, 3.8) is 0 Å². The highest BCUT2D eigenvalue weighted by molar-refractivity contribution is 9.09. The molecule has 0 atom stereocenters. The molecule has 0 unspecified atom stereocenters. The second kappa shape index (κ2) is 5.77. The van der Waals surface area contributed by atoms with Gasteiger partial charge in [0, 0.05) is 22.9 Å². The molecular weight excluding hydrogens is 323 g/mol. The van der Waals surface area contributed by atoms with Gasteiger partial charge in [0.1, 0.15) is 0 Å². The topological polar surface area (TPSA) is 17.1 Å². The molecule has 0 bridgehead atoms. The maximum absolute atomic E-state index is 12.6. The van der Waals surface area contributed by atoms with Gasteiger partial charge < -0.3 is 0 Å². The van der Waals surface area contributed by atoms with Gasteiger partial charge >= 0.3 is 6.18 Å². The smallest absolute Gasteiger partial charge is 0.294 e. The van der Waals surface area contributed by atoms with Gasteiger partial charge in [-0.05, 0) is 12.1 Å². The zero-order chi connectivity index (χ0) is 13.9. The van der Waals surface area contributed by atoms with Crippen LogP contribution >= 0.6 is 15.9 Å². The molecule has 1 rings (SSSR count). The molecule has 0 N–H and O–H groups in total. The lowest BCUT2D eigenvalue weighted by atomic mass is 9.99. The fourth-order valence-corrected chi connectivity index (χ4v) is 1.76. The lowest BCUT2D eigenvalue weighted by Gasteiger charge is -2.13. The summed E-state index contributed by atoms with van der Waals surface area (Å²) in [5, 5.41) is 0.169. The van der Waals surface area contributed by atoms with E-state index < -0.39 is 35.1 Å². The Balaban J connectivity index is 3.31. The summed E-state index contributed by atoms with van der Waals surface area (Å²) < 4.78 is 62.7. The number of carbonyl (C=O) groups is 1. The van der Waals surface area contributed by atoms with Crippen LogP contribution in [0.5, 0.6) is 0 Å². The number of benzene rings is 1. The number of Topliss-reactive ketones (excluding diaryl/α,β-unsaturated/α-hetero) is 1. The molecule has 0 amide bonds. The summed E-state index contributed by atoms with van der Waals surface area (Å²) in [4.78, 5) is 11.5. The number of halogens is 6. The van der Waals surface area contributed by atoms with Crippen molar-refractivity contribution < 1.29 is 26.7 Å². The Hall–Kier alpha value is -0.980. The molecule has 0 heterocycles. The van der Waals surface area contributed by atoms with Crippen LogP contribution in [-0.2, 0) is 6.18 Å². The first-order valence-electron chi connectivity index (χ1n) is 4.86. The van der Waals surface area contributed by atoms with E-state index in [4.69, 9.17) is 0 Å². The predicted molar refractivity (Wildman–Crippen MR) is 59.1 cm³/mol. The van der Waals surface area contributed by atoms with E-state index in [1.807, 2.05) is 0 Å². The Bertz CT molecular complexity index is 442. The zero-order valence-corrected chi connectivity index (χ0v) is 10.5. The molecule has 0 aromatic heterocycles. The van der Waals surface area contributed by atoms with Crippen LogP contribution in [0.2, 0.25) is 0 Å². The molecule has 0 spiro atoms. The summed E-state index contributed by atoms with van der Waals surface area (Å²) in [5.74, 6) is -0.818. The Morgan fingerprint density at radius 3 is 2.33 bits per heavy atom. The van der Waals surface area contributed by atoms with E-state index in [2.05, 4.69) is 15.9 Å². The highest BCUT2D eigenvalue weighted by Crippen LogP contribution is 2.34. The van der Waals surface area contributed by atoms with Gasteiger partial charge in [-0.15, -0.1) is 0 Å². The van der Waals surface area contributed by atoms with Crippen molar-refractivity contribution in [3.8, 4) is 0 Å². The lowest BCUT2D eigenvalue weighted by molar-refractivity contribution is -0.137. The lowest BCUT2D eigenvalue weighted by Crippen LogP contribution is -2.14. The average molecular weight is 331 g/mol. The minimum Gasteiger partial charge on any atom is -0.294 e. The molecule has 0 radical (unpaired) electrons. The van der Waals surface area contributed by atoms with Crippen LogP contribution in [0, 0.1) is 0 Å². The number of ketones is 1. The van der Waals surface area contributed by atoms with Gasteiger partial charge in [-0.1, -0.05) is 22.0 Å². The van der Waals surface area contributed by atoms with Gasteiger partial charge in [0.25, 0.3) is 6.43 Å². The van der Waals surface area contributed by atoms with Crippen molar-refractivity contribution in [1.29, 1.82) is 0 Å². The third kappa shape index (κ3) is 3.51. The van der Waals surface area contributed by atoms with E-state index >= 15 is 0 Å². The van der Waals surface area contributed by atoms with Crippen LogP contribution in [-0.4, -0.2) is 11.1 Å². The number of hydrogen-bond acceptors (Lipinski definition) is 1. The molecule has 0 fully saturated rings. The molecule has 1 aromatic rings. The van der Waals surface area contributed by atoms with E-state index in [0.717, 1.165) is 0 Å². The summed E-state index contributed by atoms with van der Waals surface area (Å²) in [6.45, 7) is 0. The number of rotatable bonds is 4. The van der Waals surface area contributed by atoms with Gasteiger partial charge in [-0.2, -0.15) is 13.2 Å². The monoisotopic (exact) mass is 330 g/mol. The van der Waals surface area contributed by atoms with Crippen molar-refractivity contribution in [2.45, 2.75) is 19.0 Å². The molecule has 7 heteroatoms. The van der Waals surface area contributed by atoms with Crippen molar-refractivity contribution in [3.05, 3.63) is 34.9 Å². The molecule has 1 aromatic carbocycles. The summed E-state index contributed by atoms with van der Waals surface area (Å²) in [7, 11) is 0. The Kier molecular flexibility index (Phi) is 4.84. The van der Waals surface area contributed by atoms with Crippen LogP contribution in [0.3, 0.4) is 0 Å². The van der Waals surface area contributed by atoms with Crippen LogP contribution in [0.4, 0.5) is 22.0 Å². The minimum absolute atomic E-state index is 0.169. The molecular formula is C11H8BrF5O. The van der Waals surface area contributed by atoms with Crippen LogP contribution in [0.1, 0.15) is 34.3 Å². The van der Waals surface area contributed by atoms with Crippen molar-refractivity contribution in [2.24, 2.45) is 0 Å². The summed E-state index contributed by atoms with van der Waals surface area (Å²) in [5.41, 5.74) is -2.49. The fourth-order valence-electron chi connectivity index (χ4n) is 1.40. The number of carbonyl (C=O) groups excluding carboxylic acids is 1. The first-order valence-corrected chi connectivity index (χ1v) is 5.98. The number of alkyl halides is 6. The maximum Gasteiger partial charge on any atom is 0.417 e. The molecule has 1 nitrogen and oxygen atoms in total. The van der Waals surface area contributed by atoms with Gasteiger partial charge in [-0.25, -0.2) is 8.78 Å². The second-order valence-corrected chi connectivity index (χ2v) is 4.26. The van der Waals surface area contributed by atoms with Crippen molar-refractivity contribution in [2.75, 3.05) is 5.33 Å². The Labute approximate surface area is 108 Å². The predicted octanol–water partition coefficient (Wildman–Crippen LogP) is 4.61. The van der Waals surface area contributed by atoms with E-state index in [1.54, 1.807) is 0 Å². The quantitative estimate of drug-likeness (QED) is 0.447. The summed E-state index contributed by atoms with van der Waals surface area (Å²) in [6.07, 6.45) is -7.84.